The van der Waals surface area contributed by atoms with Gasteiger partial charge in [-0.2, -0.15) is 5.10 Å². The minimum Gasteiger partial charge on any atom is -0.206 e. The number of aryl methyl sites for hydroxylation is 2. The fourth-order valence-electron chi connectivity index (χ4n) is 2.78. The maximum absolute atomic E-state index is 14.6. The van der Waals surface area contributed by atoms with Crippen molar-refractivity contribution in [3.63, 3.8) is 0 Å². The highest BCUT2D eigenvalue weighted by molar-refractivity contribution is 6.32. The van der Waals surface area contributed by atoms with Crippen molar-refractivity contribution < 1.29 is 8.78 Å². The number of benzene rings is 2. The van der Waals surface area contributed by atoms with Crippen LogP contribution in [0.25, 0.3) is 22.3 Å². The molecule has 5 heteroatoms. The molecule has 1 aromatic heterocycles. The molecule has 0 aliphatic rings. The summed E-state index contributed by atoms with van der Waals surface area (Å²) in [4.78, 5) is 0. The van der Waals surface area contributed by atoms with Gasteiger partial charge in [0.1, 0.15) is 11.6 Å². The summed E-state index contributed by atoms with van der Waals surface area (Å²) in [5.41, 5.74) is 2.61. The number of halogens is 3. The Hall–Kier alpha value is -2.33. The average Bonchev–Trinajstić information content (AvgIpc) is 2.56. The largest absolute Gasteiger partial charge is 0.206 e. The van der Waals surface area contributed by atoms with Crippen molar-refractivity contribution in [2.45, 2.75) is 20.3 Å². The van der Waals surface area contributed by atoms with Gasteiger partial charge in [-0.3, -0.25) is 0 Å². The molecule has 0 amide bonds. The summed E-state index contributed by atoms with van der Waals surface area (Å²) < 4.78 is 29.1. The van der Waals surface area contributed by atoms with Crippen LogP contribution in [0.5, 0.6) is 0 Å². The molecular weight excluding hydrogens is 330 g/mol. The Kier molecular flexibility index (Phi) is 4.58. The van der Waals surface area contributed by atoms with Crippen molar-refractivity contribution >= 4 is 11.6 Å². The van der Waals surface area contributed by atoms with E-state index in [2.05, 4.69) is 10.2 Å². The summed E-state index contributed by atoms with van der Waals surface area (Å²) in [6, 6.07) is 11.9. The second kappa shape index (κ2) is 6.65. The van der Waals surface area contributed by atoms with Gasteiger partial charge in [0.15, 0.2) is 5.15 Å². The molecule has 0 radical (unpaired) electrons. The smallest absolute Gasteiger partial charge is 0.160 e. The average molecular weight is 345 g/mol. The minimum atomic E-state index is -0.665. The highest BCUT2D eigenvalue weighted by atomic mass is 35.5. The molecular formula is C19H15ClF2N2. The lowest BCUT2D eigenvalue weighted by atomic mass is 9.93. The minimum absolute atomic E-state index is 0.0206. The van der Waals surface area contributed by atoms with Crippen LogP contribution < -0.4 is 0 Å². The van der Waals surface area contributed by atoms with Crippen molar-refractivity contribution in [3.8, 4) is 22.3 Å². The molecule has 0 saturated carbocycles. The molecule has 0 N–H and O–H groups in total. The van der Waals surface area contributed by atoms with Gasteiger partial charge in [0.05, 0.1) is 11.3 Å². The molecule has 2 nitrogen and oxygen atoms in total. The van der Waals surface area contributed by atoms with E-state index >= 15 is 0 Å². The Morgan fingerprint density at radius 3 is 2.12 bits per heavy atom. The number of nitrogens with zero attached hydrogens (tertiary/aromatic N) is 2. The molecule has 3 rings (SSSR count). The number of rotatable bonds is 3. The number of hydrogen-bond acceptors (Lipinski definition) is 2. The first-order valence-corrected chi connectivity index (χ1v) is 7.97. The second-order valence-electron chi connectivity index (χ2n) is 5.51. The van der Waals surface area contributed by atoms with Gasteiger partial charge in [-0.25, -0.2) is 8.78 Å². The van der Waals surface area contributed by atoms with Crippen molar-refractivity contribution in [3.05, 3.63) is 70.5 Å². The van der Waals surface area contributed by atoms with E-state index in [0.29, 0.717) is 23.2 Å². The van der Waals surface area contributed by atoms with E-state index < -0.39 is 11.6 Å². The lowest BCUT2D eigenvalue weighted by molar-refractivity contribution is 0.587. The zero-order chi connectivity index (χ0) is 17.3. The molecule has 0 saturated heterocycles. The van der Waals surface area contributed by atoms with Crippen LogP contribution in [0.3, 0.4) is 0 Å². The van der Waals surface area contributed by atoms with Crippen molar-refractivity contribution in [2.24, 2.45) is 0 Å². The zero-order valence-electron chi connectivity index (χ0n) is 13.3. The molecule has 0 fully saturated rings. The molecule has 24 heavy (non-hydrogen) atoms. The second-order valence-corrected chi connectivity index (χ2v) is 5.87. The first kappa shape index (κ1) is 16.5. The van der Waals surface area contributed by atoms with Crippen molar-refractivity contribution in [2.75, 3.05) is 0 Å². The van der Waals surface area contributed by atoms with Crippen molar-refractivity contribution in [1.82, 2.24) is 10.2 Å². The van der Waals surface area contributed by atoms with Gasteiger partial charge in [0.2, 0.25) is 0 Å². The van der Waals surface area contributed by atoms with Crippen LogP contribution in [0, 0.1) is 18.6 Å². The summed E-state index contributed by atoms with van der Waals surface area (Å²) in [5.74, 6) is -1.33. The summed E-state index contributed by atoms with van der Waals surface area (Å²) in [7, 11) is 0. The highest BCUT2D eigenvalue weighted by Gasteiger charge is 2.23. The van der Waals surface area contributed by atoms with E-state index in [0.717, 1.165) is 5.56 Å². The molecule has 0 unspecified atom stereocenters. The molecule has 3 aromatic rings. The summed E-state index contributed by atoms with van der Waals surface area (Å²) in [6.07, 6.45) is 0.566. The van der Waals surface area contributed by atoms with Crippen LogP contribution in [-0.2, 0) is 6.42 Å². The third-order valence-corrected chi connectivity index (χ3v) is 4.10. The third kappa shape index (κ3) is 2.89. The molecule has 0 aliphatic carbocycles. The highest BCUT2D eigenvalue weighted by Crippen LogP contribution is 2.40. The van der Waals surface area contributed by atoms with Gasteiger partial charge in [0, 0.05) is 11.1 Å². The van der Waals surface area contributed by atoms with E-state index in [1.807, 2.05) is 37.3 Å². The first-order chi connectivity index (χ1) is 11.5. The number of aromatic nitrogens is 2. The Morgan fingerprint density at radius 1 is 0.917 bits per heavy atom. The van der Waals surface area contributed by atoms with Crippen LogP contribution in [0.1, 0.15) is 18.2 Å². The van der Waals surface area contributed by atoms with Gasteiger partial charge in [-0.1, -0.05) is 48.9 Å². The van der Waals surface area contributed by atoms with Crippen LogP contribution >= 0.6 is 11.6 Å². The summed E-state index contributed by atoms with van der Waals surface area (Å²) in [5, 5.41) is 7.99. The van der Waals surface area contributed by atoms with Crippen LogP contribution in [0.4, 0.5) is 8.78 Å². The first-order valence-electron chi connectivity index (χ1n) is 7.59. The monoisotopic (exact) mass is 344 g/mol. The van der Waals surface area contributed by atoms with Crippen LogP contribution in [0.15, 0.2) is 42.5 Å². The van der Waals surface area contributed by atoms with Crippen LogP contribution in [-0.4, -0.2) is 10.2 Å². The van der Waals surface area contributed by atoms with Gasteiger partial charge in [0.25, 0.3) is 0 Å². The van der Waals surface area contributed by atoms with Crippen LogP contribution in [0.2, 0.25) is 5.15 Å². The van der Waals surface area contributed by atoms with Gasteiger partial charge >= 0.3 is 0 Å². The quantitative estimate of drug-likeness (QED) is 0.617. The standard InChI is InChI=1S/C19H15ClF2N2/c1-3-15-16(12-7-5-4-6-8-12)18(19(20)24-23-15)17-13(21)9-11(2)10-14(17)22/h4-10H,3H2,1-2H3. The predicted octanol–water partition coefficient (Wildman–Crippen LogP) is 5.61. The molecule has 2 aromatic carbocycles. The topological polar surface area (TPSA) is 25.8 Å². The molecule has 0 aliphatic heterocycles. The maximum Gasteiger partial charge on any atom is 0.160 e. The van der Waals surface area contributed by atoms with E-state index in [4.69, 9.17) is 11.6 Å². The molecule has 0 bridgehead atoms. The lowest BCUT2D eigenvalue weighted by Crippen LogP contribution is -2.03. The maximum atomic E-state index is 14.6. The van der Waals surface area contributed by atoms with E-state index in [9.17, 15) is 8.78 Å². The van der Waals surface area contributed by atoms with E-state index in [-0.39, 0.29) is 16.3 Å². The SMILES string of the molecule is CCc1nnc(Cl)c(-c2c(F)cc(C)cc2F)c1-c1ccccc1. The number of hydrogen-bond donors (Lipinski definition) is 0. The van der Waals surface area contributed by atoms with Crippen molar-refractivity contribution in [1.29, 1.82) is 0 Å². The Balaban J connectivity index is 2.41. The zero-order valence-corrected chi connectivity index (χ0v) is 14.0. The third-order valence-electron chi connectivity index (χ3n) is 3.84. The fourth-order valence-corrected chi connectivity index (χ4v) is 3.01. The molecule has 122 valence electrons. The fraction of sp³-hybridized carbons (Fsp3) is 0.158. The Labute approximate surface area is 144 Å². The summed E-state index contributed by atoms with van der Waals surface area (Å²) in [6.45, 7) is 3.55. The lowest BCUT2D eigenvalue weighted by Gasteiger charge is -2.16. The molecule has 0 spiro atoms. The molecule has 1 heterocycles. The normalized spacial score (nSPS) is 10.9. The van der Waals surface area contributed by atoms with E-state index in [1.165, 1.54) is 12.1 Å². The van der Waals surface area contributed by atoms with E-state index in [1.54, 1.807) is 6.92 Å². The molecule has 0 atom stereocenters. The summed E-state index contributed by atoms with van der Waals surface area (Å²) >= 11 is 6.22. The van der Waals surface area contributed by atoms with Gasteiger partial charge in [-0.05, 0) is 36.6 Å². The van der Waals surface area contributed by atoms with Gasteiger partial charge < -0.3 is 0 Å². The van der Waals surface area contributed by atoms with Gasteiger partial charge in [-0.15, -0.1) is 5.10 Å². The Morgan fingerprint density at radius 2 is 1.54 bits per heavy atom. The Bertz CT molecular complexity index is 872. The predicted molar refractivity (Wildman–Crippen MR) is 91.9 cm³/mol.